The third-order valence-electron chi connectivity index (χ3n) is 5.88. The van der Waals surface area contributed by atoms with Gasteiger partial charge in [-0.15, -0.1) is 11.3 Å². The first-order valence-corrected chi connectivity index (χ1v) is 13.0. The van der Waals surface area contributed by atoms with Gasteiger partial charge in [-0.25, -0.2) is 18.2 Å². The Hall–Kier alpha value is -3.24. The molecule has 8 nitrogen and oxygen atoms in total. The minimum Gasteiger partial charge on any atom is -0.453 e. The number of hydrogen-bond donors (Lipinski definition) is 1. The van der Waals surface area contributed by atoms with Crippen LogP contribution < -0.4 is 5.32 Å². The highest BCUT2D eigenvalue weighted by atomic mass is 32.2. The van der Waals surface area contributed by atoms with Crippen molar-refractivity contribution in [1.29, 1.82) is 0 Å². The molecule has 170 valence electrons. The van der Waals surface area contributed by atoms with Gasteiger partial charge in [-0.3, -0.25) is 4.98 Å². The number of rotatable bonds is 5. The predicted molar refractivity (Wildman–Crippen MR) is 129 cm³/mol. The lowest BCUT2D eigenvalue weighted by atomic mass is 10.2. The number of anilines is 2. The molecule has 2 aromatic carbocycles. The monoisotopic (exact) mass is 482 g/mol. The molecular weight excluding hydrogens is 460 g/mol. The molecule has 0 saturated carbocycles. The Kier molecular flexibility index (Phi) is 5.63. The van der Waals surface area contributed by atoms with Crippen LogP contribution in [0.15, 0.2) is 59.1 Å². The first-order valence-electron chi connectivity index (χ1n) is 10.5. The Morgan fingerprint density at radius 1 is 1.18 bits per heavy atom. The van der Waals surface area contributed by atoms with Crippen LogP contribution in [0.3, 0.4) is 0 Å². The van der Waals surface area contributed by atoms with Crippen molar-refractivity contribution < 1.29 is 17.9 Å². The number of amides is 1. The summed E-state index contributed by atoms with van der Waals surface area (Å²) in [4.78, 5) is 22.4. The lowest BCUT2D eigenvalue weighted by Gasteiger charge is -2.23. The van der Waals surface area contributed by atoms with E-state index in [0.717, 1.165) is 28.0 Å². The highest BCUT2D eigenvalue weighted by Crippen LogP contribution is 2.30. The zero-order valence-corrected chi connectivity index (χ0v) is 19.5. The third-order valence-corrected chi connectivity index (χ3v) is 8.49. The summed E-state index contributed by atoms with van der Waals surface area (Å²) in [5.41, 5.74) is 5.00. The van der Waals surface area contributed by atoms with Crippen LogP contribution in [0, 0.1) is 0 Å². The van der Waals surface area contributed by atoms with Crippen LogP contribution in [0.4, 0.5) is 16.2 Å². The number of aromatic nitrogens is 2. The van der Waals surface area contributed by atoms with E-state index in [1.165, 1.54) is 12.0 Å². The van der Waals surface area contributed by atoms with Crippen LogP contribution in [0.2, 0.25) is 0 Å². The molecule has 0 bridgehead atoms. The van der Waals surface area contributed by atoms with Crippen molar-refractivity contribution in [1.82, 2.24) is 14.9 Å². The highest BCUT2D eigenvalue weighted by molar-refractivity contribution is 7.91. The Balaban J connectivity index is 1.46. The van der Waals surface area contributed by atoms with E-state index in [1.54, 1.807) is 41.2 Å². The molecule has 1 atom stereocenters. The van der Waals surface area contributed by atoms with E-state index in [1.807, 2.05) is 24.3 Å². The molecule has 3 heterocycles. The Labute approximate surface area is 195 Å². The van der Waals surface area contributed by atoms with Crippen molar-refractivity contribution in [3.05, 3.63) is 54.2 Å². The van der Waals surface area contributed by atoms with E-state index in [-0.39, 0.29) is 10.6 Å². The van der Waals surface area contributed by atoms with Crippen LogP contribution in [0.5, 0.6) is 0 Å². The number of likely N-dealkylation sites (tertiary alicyclic amines) is 1. The number of nitrogens with one attached hydrogen (secondary N) is 1. The van der Waals surface area contributed by atoms with Crippen molar-refractivity contribution in [2.45, 2.75) is 23.8 Å². The number of pyridine rings is 1. The van der Waals surface area contributed by atoms with Crippen LogP contribution >= 0.6 is 11.3 Å². The average molecular weight is 483 g/mol. The number of carbonyl (C=O) groups excluding carboxylic acids is 1. The van der Waals surface area contributed by atoms with E-state index in [4.69, 9.17) is 4.74 Å². The maximum absolute atomic E-state index is 13.2. The van der Waals surface area contributed by atoms with Gasteiger partial charge >= 0.3 is 6.09 Å². The molecule has 1 aliphatic rings. The second-order valence-electron chi connectivity index (χ2n) is 7.94. The molecule has 1 amide bonds. The summed E-state index contributed by atoms with van der Waals surface area (Å²) in [6, 6.07) is 12.3. The van der Waals surface area contributed by atoms with Gasteiger partial charge in [0.2, 0.25) is 0 Å². The topological polar surface area (TPSA) is 101 Å². The fourth-order valence-electron chi connectivity index (χ4n) is 4.23. The fourth-order valence-corrected chi connectivity index (χ4v) is 6.51. The zero-order chi connectivity index (χ0) is 23.0. The summed E-state index contributed by atoms with van der Waals surface area (Å²) in [6.45, 7) is 0.506. The molecule has 0 spiro atoms. The average Bonchev–Trinajstić information content (AvgIpc) is 3.47. The largest absolute Gasteiger partial charge is 0.453 e. The highest BCUT2D eigenvalue weighted by Gasteiger charge is 2.33. The van der Waals surface area contributed by atoms with Gasteiger partial charge in [-0.1, -0.05) is 0 Å². The van der Waals surface area contributed by atoms with Gasteiger partial charge in [-0.05, 0) is 55.3 Å². The van der Waals surface area contributed by atoms with Crippen molar-refractivity contribution in [3.8, 4) is 0 Å². The molecule has 5 rings (SSSR count). The summed E-state index contributed by atoms with van der Waals surface area (Å²) in [5.74, 6) is -0.142. The van der Waals surface area contributed by atoms with Gasteiger partial charge < -0.3 is 15.0 Å². The summed E-state index contributed by atoms with van der Waals surface area (Å²) < 4.78 is 32.4. The Morgan fingerprint density at radius 3 is 2.91 bits per heavy atom. The summed E-state index contributed by atoms with van der Waals surface area (Å²) in [7, 11) is -2.33. The number of carbonyl (C=O) groups is 1. The number of benzene rings is 2. The number of nitrogens with zero attached hydrogens (tertiary/aromatic N) is 3. The minimum atomic E-state index is -3.63. The number of sulfone groups is 1. The molecule has 4 aromatic rings. The standard InChI is InChI=1S/C23H22N4O4S2/c1-31-23(28)27-10-2-3-16(27)13-33(29,30)17-5-6-19-18(12-17)20(8-9-24-19)26-15-4-7-22-21(11-15)25-14-32-22/h4-9,11-12,14,16H,2-3,10,13H2,1H3,(H,24,26)/t16-/m0/s1. The maximum atomic E-state index is 13.2. The quantitative estimate of drug-likeness (QED) is 0.444. The molecule has 1 fully saturated rings. The van der Waals surface area contributed by atoms with Crippen molar-refractivity contribution in [2.24, 2.45) is 0 Å². The van der Waals surface area contributed by atoms with Crippen LogP contribution in [-0.2, 0) is 14.6 Å². The molecule has 33 heavy (non-hydrogen) atoms. The van der Waals surface area contributed by atoms with E-state index in [9.17, 15) is 13.2 Å². The van der Waals surface area contributed by atoms with E-state index >= 15 is 0 Å². The molecule has 1 aliphatic heterocycles. The van der Waals surface area contributed by atoms with Crippen LogP contribution in [0.1, 0.15) is 12.8 Å². The fraction of sp³-hybridized carbons (Fsp3) is 0.261. The molecular formula is C23H22N4O4S2. The van der Waals surface area contributed by atoms with Crippen LogP contribution in [-0.4, -0.2) is 54.8 Å². The zero-order valence-electron chi connectivity index (χ0n) is 17.9. The van der Waals surface area contributed by atoms with E-state index in [2.05, 4.69) is 15.3 Å². The van der Waals surface area contributed by atoms with E-state index in [0.29, 0.717) is 23.9 Å². The summed E-state index contributed by atoms with van der Waals surface area (Å²) >= 11 is 1.58. The van der Waals surface area contributed by atoms with Gasteiger partial charge in [0.05, 0.1) is 39.0 Å². The van der Waals surface area contributed by atoms with Gasteiger partial charge in [0.15, 0.2) is 9.84 Å². The number of ether oxygens (including phenoxy) is 1. The lowest BCUT2D eigenvalue weighted by Crippen LogP contribution is -2.39. The molecule has 1 saturated heterocycles. The normalized spacial score (nSPS) is 16.4. The van der Waals surface area contributed by atoms with Crippen molar-refractivity contribution >= 4 is 59.8 Å². The number of fused-ring (bicyclic) bond motifs is 2. The van der Waals surface area contributed by atoms with Gasteiger partial charge in [-0.2, -0.15) is 0 Å². The summed E-state index contributed by atoms with van der Waals surface area (Å²) in [6.07, 6.45) is 2.59. The first kappa shape index (κ1) is 21.6. The van der Waals surface area contributed by atoms with E-state index < -0.39 is 22.0 Å². The maximum Gasteiger partial charge on any atom is 0.409 e. The second-order valence-corrected chi connectivity index (χ2v) is 10.9. The number of thiazole rings is 1. The Bertz CT molecular complexity index is 1450. The molecule has 0 radical (unpaired) electrons. The van der Waals surface area contributed by atoms with Crippen LogP contribution in [0.25, 0.3) is 21.1 Å². The number of hydrogen-bond acceptors (Lipinski definition) is 8. The molecule has 0 aliphatic carbocycles. The molecule has 1 N–H and O–H groups in total. The van der Waals surface area contributed by atoms with Gasteiger partial charge in [0.25, 0.3) is 0 Å². The minimum absolute atomic E-state index is 0.142. The van der Waals surface area contributed by atoms with Gasteiger partial charge in [0, 0.05) is 35.5 Å². The Morgan fingerprint density at radius 2 is 2.06 bits per heavy atom. The number of methoxy groups -OCH3 is 1. The smallest absolute Gasteiger partial charge is 0.409 e. The molecule has 10 heteroatoms. The first-order chi connectivity index (χ1) is 15.9. The molecule has 0 unspecified atom stereocenters. The lowest BCUT2D eigenvalue weighted by molar-refractivity contribution is 0.122. The summed E-state index contributed by atoms with van der Waals surface area (Å²) in [5, 5.41) is 4.07. The second kappa shape index (κ2) is 8.60. The molecule has 2 aromatic heterocycles. The predicted octanol–water partition coefficient (Wildman–Crippen LogP) is 4.59. The third kappa shape index (κ3) is 4.23. The SMILES string of the molecule is COC(=O)N1CCC[C@H]1CS(=O)(=O)c1ccc2nccc(Nc3ccc4scnc4c3)c2c1. The van der Waals surface area contributed by atoms with Gasteiger partial charge in [0.1, 0.15) is 0 Å². The van der Waals surface area contributed by atoms with Crippen molar-refractivity contribution in [2.75, 3.05) is 24.7 Å². The van der Waals surface area contributed by atoms with Crippen molar-refractivity contribution in [3.63, 3.8) is 0 Å².